The molecule has 3 rings (SSSR count). The Hall–Kier alpha value is -3.27. The first-order valence-electron chi connectivity index (χ1n) is 12.6. The molecule has 186 valence electrons. The highest BCUT2D eigenvalue weighted by Gasteiger charge is 2.18. The Morgan fingerprint density at radius 1 is 0.743 bits per heavy atom. The van der Waals surface area contributed by atoms with E-state index < -0.39 is 0 Å². The summed E-state index contributed by atoms with van der Waals surface area (Å²) in [6, 6.07) is 25.1. The fourth-order valence-electron chi connectivity index (χ4n) is 4.17. The van der Waals surface area contributed by atoms with Gasteiger partial charge in [-0.2, -0.15) is 0 Å². The highest BCUT2D eigenvalue weighted by molar-refractivity contribution is 5.73. The molecule has 35 heavy (non-hydrogen) atoms. The Morgan fingerprint density at radius 2 is 1.20 bits per heavy atom. The zero-order valence-corrected chi connectivity index (χ0v) is 22.0. The summed E-state index contributed by atoms with van der Waals surface area (Å²) in [5, 5.41) is 0. The van der Waals surface area contributed by atoms with Crippen LogP contribution in [-0.4, -0.2) is 29.6 Å². The Kier molecular flexibility index (Phi) is 9.36. The van der Waals surface area contributed by atoms with Gasteiger partial charge in [-0.05, 0) is 82.0 Å². The Bertz CT molecular complexity index is 1050. The molecule has 0 unspecified atom stereocenters. The van der Waals surface area contributed by atoms with E-state index in [1.807, 2.05) is 69.0 Å². The van der Waals surface area contributed by atoms with Crippen LogP contribution >= 0.6 is 0 Å². The van der Waals surface area contributed by atoms with Crippen LogP contribution in [0.3, 0.4) is 0 Å². The molecular weight excluding hydrogens is 434 g/mol. The SMILES string of the molecule is CC(=O)N(CC[C@@H](c1ccc(C)cc1)c1ccc(OC(C)C)cc1)Cc1ccc(OC(C)C)cc1. The third-order valence-electron chi connectivity index (χ3n) is 5.94. The Balaban J connectivity index is 1.76. The topological polar surface area (TPSA) is 38.8 Å². The van der Waals surface area contributed by atoms with Crippen molar-refractivity contribution in [2.24, 2.45) is 0 Å². The molecule has 0 bridgehead atoms. The lowest BCUT2D eigenvalue weighted by atomic mass is 9.88. The van der Waals surface area contributed by atoms with Gasteiger partial charge in [-0.25, -0.2) is 0 Å². The molecule has 0 fully saturated rings. The number of benzene rings is 3. The Morgan fingerprint density at radius 3 is 1.66 bits per heavy atom. The van der Waals surface area contributed by atoms with E-state index in [4.69, 9.17) is 9.47 Å². The lowest BCUT2D eigenvalue weighted by Gasteiger charge is -2.25. The van der Waals surface area contributed by atoms with E-state index in [0.717, 1.165) is 23.5 Å². The van der Waals surface area contributed by atoms with Gasteiger partial charge in [-0.15, -0.1) is 0 Å². The number of hydrogen-bond acceptors (Lipinski definition) is 3. The van der Waals surface area contributed by atoms with Crippen molar-refractivity contribution in [1.82, 2.24) is 4.90 Å². The number of aryl methyl sites for hydroxylation is 1. The molecule has 4 heteroatoms. The maximum Gasteiger partial charge on any atom is 0.219 e. The number of rotatable bonds is 11. The smallest absolute Gasteiger partial charge is 0.219 e. The molecule has 0 spiro atoms. The van der Waals surface area contributed by atoms with Crippen LogP contribution < -0.4 is 9.47 Å². The predicted molar refractivity (Wildman–Crippen MR) is 143 cm³/mol. The first-order valence-corrected chi connectivity index (χ1v) is 12.6. The van der Waals surface area contributed by atoms with Gasteiger partial charge in [0.05, 0.1) is 12.2 Å². The van der Waals surface area contributed by atoms with Crippen molar-refractivity contribution in [2.75, 3.05) is 6.54 Å². The molecule has 0 saturated heterocycles. The molecule has 0 radical (unpaired) electrons. The summed E-state index contributed by atoms with van der Waals surface area (Å²) < 4.78 is 11.6. The van der Waals surface area contributed by atoms with Gasteiger partial charge in [0.1, 0.15) is 11.5 Å². The Labute approximate surface area is 210 Å². The van der Waals surface area contributed by atoms with Gasteiger partial charge in [-0.3, -0.25) is 4.79 Å². The molecule has 3 aromatic rings. The lowest BCUT2D eigenvalue weighted by Crippen LogP contribution is -2.30. The van der Waals surface area contributed by atoms with Crippen LogP contribution in [0.1, 0.15) is 69.2 Å². The molecular formula is C31H39NO3. The average Bonchev–Trinajstić information content (AvgIpc) is 2.80. The second kappa shape index (κ2) is 12.4. The van der Waals surface area contributed by atoms with Crippen LogP contribution in [0.15, 0.2) is 72.8 Å². The van der Waals surface area contributed by atoms with Gasteiger partial charge < -0.3 is 14.4 Å². The van der Waals surface area contributed by atoms with Crippen LogP contribution in [0.2, 0.25) is 0 Å². The minimum atomic E-state index is 0.0795. The number of ether oxygens (including phenoxy) is 2. The van der Waals surface area contributed by atoms with E-state index in [2.05, 4.69) is 43.3 Å². The molecule has 1 atom stereocenters. The maximum absolute atomic E-state index is 12.5. The van der Waals surface area contributed by atoms with Crippen molar-refractivity contribution in [3.8, 4) is 11.5 Å². The molecule has 4 nitrogen and oxygen atoms in total. The van der Waals surface area contributed by atoms with E-state index in [1.165, 1.54) is 16.7 Å². The van der Waals surface area contributed by atoms with E-state index in [9.17, 15) is 4.79 Å². The average molecular weight is 474 g/mol. The number of carbonyl (C=O) groups is 1. The van der Waals surface area contributed by atoms with Crippen molar-refractivity contribution in [1.29, 1.82) is 0 Å². The first-order chi connectivity index (χ1) is 16.7. The normalized spacial score (nSPS) is 12.0. The monoisotopic (exact) mass is 473 g/mol. The molecule has 0 N–H and O–H groups in total. The summed E-state index contributed by atoms with van der Waals surface area (Å²) in [6.07, 6.45) is 1.12. The highest BCUT2D eigenvalue weighted by Crippen LogP contribution is 2.30. The minimum Gasteiger partial charge on any atom is -0.491 e. The third kappa shape index (κ3) is 8.17. The molecule has 0 aromatic heterocycles. The van der Waals surface area contributed by atoms with Gasteiger partial charge in [0.25, 0.3) is 0 Å². The van der Waals surface area contributed by atoms with Crippen LogP contribution in [-0.2, 0) is 11.3 Å². The summed E-state index contributed by atoms with van der Waals surface area (Å²) in [5.74, 6) is 1.99. The quantitative estimate of drug-likeness (QED) is 0.297. The van der Waals surface area contributed by atoms with Crippen LogP contribution in [0, 0.1) is 6.92 Å². The van der Waals surface area contributed by atoms with Gasteiger partial charge in [0.15, 0.2) is 0 Å². The molecule has 0 aliphatic rings. The van der Waals surface area contributed by atoms with E-state index in [1.54, 1.807) is 6.92 Å². The summed E-state index contributed by atoms with van der Waals surface area (Å²) in [6.45, 7) is 13.1. The second-order valence-corrected chi connectivity index (χ2v) is 9.74. The van der Waals surface area contributed by atoms with Crippen molar-refractivity contribution >= 4 is 5.91 Å². The van der Waals surface area contributed by atoms with E-state index in [0.29, 0.717) is 13.1 Å². The van der Waals surface area contributed by atoms with Crippen LogP contribution in [0.5, 0.6) is 11.5 Å². The lowest BCUT2D eigenvalue weighted by molar-refractivity contribution is -0.129. The largest absolute Gasteiger partial charge is 0.491 e. The second-order valence-electron chi connectivity index (χ2n) is 9.74. The summed E-state index contributed by atoms with van der Waals surface area (Å²) >= 11 is 0. The van der Waals surface area contributed by atoms with E-state index >= 15 is 0 Å². The van der Waals surface area contributed by atoms with Crippen molar-refractivity contribution < 1.29 is 14.3 Å². The van der Waals surface area contributed by atoms with Gasteiger partial charge in [0.2, 0.25) is 5.91 Å². The molecule has 1 amide bonds. The van der Waals surface area contributed by atoms with Crippen molar-refractivity contribution in [3.05, 3.63) is 95.1 Å². The van der Waals surface area contributed by atoms with Gasteiger partial charge in [-0.1, -0.05) is 54.1 Å². The molecule has 0 aliphatic carbocycles. The van der Waals surface area contributed by atoms with Crippen molar-refractivity contribution in [3.63, 3.8) is 0 Å². The standard InChI is InChI=1S/C31H39NO3/c1-22(2)34-29-15-9-26(10-16-29)21-32(25(6)33)20-19-31(27-11-7-24(5)8-12-27)28-13-17-30(18-14-28)35-23(3)4/h7-18,22-23,31H,19-21H2,1-6H3/t31-/m0/s1. The minimum absolute atomic E-state index is 0.0795. The predicted octanol–water partition coefficient (Wildman–Crippen LogP) is 7.14. The number of nitrogens with zero attached hydrogens (tertiary/aromatic N) is 1. The summed E-state index contributed by atoms with van der Waals surface area (Å²) in [7, 11) is 0. The van der Waals surface area contributed by atoms with Crippen LogP contribution in [0.25, 0.3) is 0 Å². The van der Waals surface area contributed by atoms with Crippen molar-refractivity contribution in [2.45, 2.75) is 72.6 Å². The maximum atomic E-state index is 12.5. The van der Waals surface area contributed by atoms with Gasteiger partial charge >= 0.3 is 0 Å². The molecule has 3 aromatic carbocycles. The highest BCUT2D eigenvalue weighted by atomic mass is 16.5. The molecule has 0 heterocycles. The summed E-state index contributed by atoms with van der Waals surface area (Å²) in [5.41, 5.74) is 4.82. The third-order valence-corrected chi connectivity index (χ3v) is 5.94. The fraction of sp³-hybridized carbons (Fsp3) is 0.387. The number of amides is 1. The zero-order chi connectivity index (χ0) is 25.4. The van der Waals surface area contributed by atoms with E-state index in [-0.39, 0.29) is 24.0 Å². The van der Waals surface area contributed by atoms with Gasteiger partial charge in [0, 0.05) is 25.9 Å². The summed E-state index contributed by atoms with van der Waals surface area (Å²) in [4.78, 5) is 14.4. The number of hydrogen-bond donors (Lipinski definition) is 0. The molecule has 0 saturated carbocycles. The number of carbonyl (C=O) groups excluding carboxylic acids is 1. The zero-order valence-electron chi connectivity index (χ0n) is 22.0. The first kappa shape index (κ1) is 26.3. The molecule has 0 aliphatic heterocycles. The van der Waals surface area contributed by atoms with Crippen LogP contribution in [0.4, 0.5) is 0 Å². The fourth-order valence-corrected chi connectivity index (χ4v) is 4.17.